The molecule has 0 atom stereocenters. The first-order valence-corrected chi connectivity index (χ1v) is 5.05. The monoisotopic (exact) mass is 249 g/mol. The average Bonchev–Trinajstić information content (AvgIpc) is 2.82. The van der Waals surface area contributed by atoms with E-state index in [0.29, 0.717) is 17.5 Å². The van der Waals surface area contributed by atoms with Gasteiger partial charge in [0.15, 0.2) is 11.6 Å². The van der Waals surface area contributed by atoms with Crippen LogP contribution in [0.3, 0.4) is 0 Å². The molecule has 0 bridgehead atoms. The highest BCUT2D eigenvalue weighted by molar-refractivity contribution is 5.91. The lowest BCUT2D eigenvalue weighted by atomic mass is 10.4. The van der Waals surface area contributed by atoms with Gasteiger partial charge < -0.3 is 15.3 Å². The maximum Gasteiger partial charge on any atom is 0.271 e. The van der Waals surface area contributed by atoms with Crippen molar-refractivity contribution in [2.75, 3.05) is 5.43 Å². The maximum atomic E-state index is 11.7. The Morgan fingerprint density at radius 3 is 2.83 bits per heavy atom. The number of carbonyl (C=O) groups is 1. The minimum absolute atomic E-state index is 0.161. The fourth-order valence-electron chi connectivity index (χ4n) is 1.18. The Balaban J connectivity index is 1.94. The van der Waals surface area contributed by atoms with Crippen molar-refractivity contribution in [2.45, 2.75) is 13.5 Å². The number of hydrazine groups is 1. The van der Waals surface area contributed by atoms with Crippen LogP contribution < -0.4 is 16.6 Å². The number of carbonyl (C=O) groups excluding carboxylic acids is 1. The topological polar surface area (TPSA) is 132 Å². The van der Waals surface area contributed by atoms with Crippen LogP contribution in [0.25, 0.3) is 0 Å². The second-order valence-electron chi connectivity index (χ2n) is 3.34. The van der Waals surface area contributed by atoms with Crippen molar-refractivity contribution < 1.29 is 9.32 Å². The number of anilines is 1. The van der Waals surface area contributed by atoms with Gasteiger partial charge in [-0.2, -0.15) is 4.98 Å². The van der Waals surface area contributed by atoms with E-state index in [-0.39, 0.29) is 18.1 Å². The van der Waals surface area contributed by atoms with Crippen LogP contribution in [0.5, 0.6) is 0 Å². The van der Waals surface area contributed by atoms with Gasteiger partial charge in [-0.05, 0) is 0 Å². The highest BCUT2D eigenvalue weighted by Gasteiger charge is 2.09. The first kappa shape index (κ1) is 11.9. The average molecular weight is 249 g/mol. The third-order valence-electron chi connectivity index (χ3n) is 2.01. The Hall–Kier alpha value is -2.55. The van der Waals surface area contributed by atoms with Crippen LogP contribution in [0.4, 0.5) is 5.82 Å². The molecule has 2 aromatic heterocycles. The Morgan fingerprint density at radius 1 is 1.44 bits per heavy atom. The first-order valence-electron chi connectivity index (χ1n) is 5.05. The summed E-state index contributed by atoms with van der Waals surface area (Å²) in [4.78, 5) is 23.4. The Bertz CT molecular complexity index is 536. The molecule has 0 saturated carbocycles. The first-order chi connectivity index (χ1) is 8.69. The quantitative estimate of drug-likeness (QED) is 0.482. The molecule has 0 fully saturated rings. The van der Waals surface area contributed by atoms with Crippen molar-refractivity contribution in [1.29, 1.82) is 0 Å². The van der Waals surface area contributed by atoms with Crippen molar-refractivity contribution in [3.63, 3.8) is 0 Å². The molecule has 0 aromatic carbocycles. The largest absolute Gasteiger partial charge is 0.343 e. The summed E-state index contributed by atoms with van der Waals surface area (Å²) in [5, 5.41) is 6.23. The fraction of sp³-hybridized carbons (Fsp3) is 0.222. The van der Waals surface area contributed by atoms with Crippen LogP contribution in [0.1, 0.15) is 22.2 Å². The molecule has 18 heavy (non-hydrogen) atoms. The molecule has 9 nitrogen and oxygen atoms in total. The van der Waals surface area contributed by atoms with Crippen LogP contribution >= 0.6 is 0 Å². The van der Waals surface area contributed by atoms with Crippen molar-refractivity contribution in [3.8, 4) is 0 Å². The van der Waals surface area contributed by atoms with Crippen molar-refractivity contribution >= 4 is 11.7 Å². The summed E-state index contributed by atoms with van der Waals surface area (Å²) in [7, 11) is 0. The smallest absolute Gasteiger partial charge is 0.271 e. The van der Waals surface area contributed by atoms with E-state index in [9.17, 15) is 4.79 Å². The van der Waals surface area contributed by atoms with Gasteiger partial charge in [0.2, 0.25) is 5.89 Å². The molecule has 2 rings (SSSR count). The Kier molecular flexibility index (Phi) is 3.44. The van der Waals surface area contributed by atoms with E-state index in [1.807, 2.05) is 0 Å². The van der Waals surface area contributed by atoms with Crippen LogP contribution in [0.15, 0.2) is 16.9 Å². The highest BCUT2D eigenvalue weighted by Crippen LogP contribution is 1.99. The number of aromatic nitrogens is 4. The molecule has 4 N–H and O–H groups in total. The van der Waals surface area contributed by atoms with Crippen LogP contribution in [0.2, 0.25) is 0 Å². The van der Waals surface area contributed by atoms with Gasteiger partial charge in [-0.15, -0.1) is 0 Å². The molecular formula is C9H11N7O2. The van der Waals surface area contributed by atoms with Gasteiger partial charge in [0, 0.05) is 6.92 Å². The predicted molar refractivity (Wildman–Crippen MR) is 60.0 cm³/mol. The van der Waals surface area contributed by atoms with Gasteiger partial charge in [0.1, 0.15) is 5.69 Å². The number of nitrogens with two attached hydrogens (primary N) is 1. The normalized spacial score (nSPS) is 10.1. The summed E-state index contributed by atoms with van der Waals surface area (Å²) in [5.41, 5.74) is 2.49. The van der Waals surface area contributed by atoms with Crippen molar-refractivity contribution in [3.05, 3.63) is 29.8 Å². The molecule has 2 aromatic rings. The van der Waals surface area contributed by atoms with Gasteiger partial charge in [0.05, 0.1) is 18.9 Å². The van der Waals surface area contributed by atoms with E-state index in [1.165, 1.54) is 12.4 Å². The number of hydrogen-bond donors (Lipinski definition) is 3. The molecule has 0 unspecified atom stereocenters. The molecule has 0 aliphatic rings. The van der Waals surface area contributed by atoms with Crippen LogP contribution in [-0.4, -0.2) is 26.0 Å². The van der Waals surface area contributed by atoms with E-state index in [4.69, 9.17) is 10.4 Å². The number of nitrogens with one attached hydrogen (secondary N) is 2. The lowest BCUT2D eigenvalue weighted by molar-refractivity contribution is 0.0944. The molecule has 0 aliphatic carbocycles. The number of aryl methyl sites for hydroxylation is 1. The van der Waals surface area contributed by atoms with E-state index >= 15 is 0 Å². The molecule has 0 radical (unpaired) electrons. The summed E-state index contributed by atoms with van der Waals surface area (Å²) >= 11 is 0. The van der Waals surface area contributed by atoms with E-state index in [2.05, 4.69) is 30.9 Å². The third-order valence-corrected chi connectivity index (χ3v) is 2.01. The number of nitrogen functional groups attached to an aromatic ring is 1. The van der Waals surface area contributed by atoms with Gasteiger partial charge in [0.25, 0.3) is 5.91 Å². The lowest BCUT2D eigenvalue weighted by Gasteiger charge is -2.02. The highest BCUT2D eigenvalue weighted by atomic mass is 16.5. The molecule has 0 saturated heterocycles. The summed E-state index contributed by atoms with van der Waals surface area (Å²) in [6, 6.07) is 0. The zero-order chi connectivity index (χ0) is 13.0. The second kappa shape index (κ2) is 5.19. The molecule has 0 aliphatic heterocycles. The summed E-state index contributed by atoms with van der Waals surface area (Å²) in [6.45, 7) is 1.83. The van der Waals surface area contributed by atoms with Crippen LogP contribution in [-0.2, 0) is 6.54 Å². The van der Waals surface area contributed by atoms with Crippen LogP contribution in [0, 0.1) is 6.92 Å². The molecule has 0 spiro atoms. The van der Waals surface area contributed by atoms with E-state index in [0.717, 1.165) is 0 Å². The van der Waals surface area contributed by atoms with Crippen molar-refractivity contribution in [1.82, 2.24) is 25.4 Å². The minimum Gasteiger partial charge on any atom is -0.343 e. The van der Waals surface area contributed by atoms with Gasteiger partial charge in [-0.25, -0.2) is 15.8 Å². The predicted octanol–water partition coefficient (Wildman–Crippen LogP) is -0.616. The summed E-state index contributed by atoms with van der Waals surface area (Å²) in [6.07, 6.45) is 2.67. The molecule has 94 valence electrons. The van der Waals surface area contributed by atoms with E-state index in [1.54, 1.807) is 6.92 Å². The standard InChI is InChI=1S/C9H11N7O2/c1-5-14-8(16-18-5)4-13-9(17)6-2-12-7(15-10)3-11-6/h2-3H,4,10H2,1H3,(H,12,15)(H,13,17). The molecule has 1 amide bonds. The molecule has 2 heterocycles. The van der Waals surface area contributed by atoms with E-state index < -0.39 is 0 Å². The number of hydrogen-bond acceptors (Lipinski definition) is 8. The van der Waals surface area contributed by atoms with Gasteiger partial charge >= 0.3 is 0 Å². The maximum absolute atomic E-state index is 11.7. The van der Waals surface area contributed by atoms with Gasteiger partial charge in [-0.1, -0.05) is 5.16 Å². The Morgan fingerprint density at radius 2 is 2.28 bits per heavy atom. The number of nitrogens with zero attached hydrogens (tertiary/aromatic N) is 4. The lowest BCUT2D eigenvalue weighted by Crippen LogP contribution is -2.24. The summed E-state index contributed by atoms with van der Waals surface area (Å²) in [5.74, 6) is 5.97. The third kappa shape index (κ3) is 2.77. The zero-order valence-electron chi connectivity index (χ0n) is 9.54. The minimum atomic E-state index is -0.381. The Labute approximate surface area is 102 Å². The molecular weight excluding hydrogens is 238 g/mol. The second-order valence-corrected chi connectivity index (χ2v) is 3.34. The van der Waals surface area contributed by atoms with Crippen molar-refractivity contribution in [2.24, 2.45) is 5.84 Å². The van der Waals surface area contributed by atoms with Gasteiger partial charge in [-0.3, -0.25) is 4.79 Å². The summed E-state index contributed by atoms with van der Waals surface area (Å²) < 4.78 is 4.77. The fourth-order valence-corrected chi connectivity index (χ4v) is 1.18. The number of amides is 1. The molecule has 9 heteroatoms. The zero-order valence-corrected chi connectivity index (χ0v) is 9.54. The number of rotatable bonds is 4. The SMILES string of the molecule is Cc1nc(CNC(=O)c2cnc(NN)cn2)no1.